The quantitative estimate of drug-likeness (QED) is 0.806. The third-order valence-corrected chi connectivity index (χ3v) is 4.76. The lowest BCUT2D eigenvalue weighted by atomic mass is 10.3. The maximum Gasteiger partial charge on any atom is 0.230 e. The van der Waals surface area contributed by atoms with Crippen LogP contribution in [-0.4, -0.2) is 41.2 Å². The molecule has 0 saturated carbocycles. The Morgan fingerprint density at radius 3 is 2.64 bits per heavy atom. The fourth-order valence-electron chi connectivity index (χ4n) is 2.36. The van der Waals surface area contributed by atoms with Crippen LogP contribution in [-0.2, 0) is 14.4 Å². The average molecular weight is 317 g/mol. The number of thiazole rings is 1. The van der Waals surface area contributed by atoms with Crippen molar-refractivity contribution in [3.05, 3.63) is 24.3 Å². The van der Waals surface area contributed by atoms with Crippen molar-refractivity contribution in [3.8, 4) is 0 Å². The molecular weight excluding hydrogens is 302 g/mol. The number of imide groups is 1. The number of likely N-dealkylation sites (tertiary alicyclic amines) is 1. The predicted octanol–water partition coefficient (Wildman–Crippen LogP) is 1.80. The third kappa shape index (κ3) is 2.71. The summed E-state index contributed by atoms with van der Waals surface area (Å²) in [6.07, 6.45) is 0.616. The first-order valence-corrected chi connectivity index (χ1v) is 7.83. The number of fused-ring (bicyclic) bond motifs is 1. The molecule has 0 spiro atoms. The molecule has 1 aliphatic heterocycles. The summed E-state index contributed by atoms with van der Waals surface area (Å²) < 4.78 is 1.02. The zero-order valence-electron chi connectivity index (χ0n) is 12.1. The average Bonchev–Trinajstić information content (AvgIpc) is 3.08. The Hall–Kier alpha value is -2.28. The molecule has 0 radical (unpaired) electrons. The maximum atomic E-state index is 12.2. The van der Waals surface area contributed by atoms with Gasteiger partial charge in [0.1, 0.15) is 0 Å². The van der Waals surface area contributed by atoms with Gasteiger partial charge in [-0.25, -0.2) is 4.98 Å². The van der Waals surface area contributed by atoms with Gasteiger partial charge in [0.05, 0.1) is 10.2 Å². The third-order valence-electron chi connectivity index (χ3n) is 3.65. The van der Waals surface area contributed by atoms with Crippen LogP contribution in [0.5, 0.6) is 0 Å². The molecule has 1 aromatic heterocycles. The van der Waals surface area contributed by atoms with E-state index >= 15 is 0 Å². The molecule has 114 valence electrons. The number of anilines is 1. The van der Waals surface area contributed by atoms with Crippen LogP contribution in [0.2, 0.25) is 0 Å². The molecule has 7 heteroatoms. The van der Waals surface area contributed by atoms with Crippen molar-refractivity contribution in [1.82, 2.24) is 9.88 Å². The SMILES string of the molecule is CN(C(=O)CCN1C(=O)CCC1=O)c1nc2ccccc2s1. The van der Waals surface area contributed by atoms with Crippen molar-refractivity contribution in [3.63, 3.8) is 0 Å². The van der Waals surface area contributed by atoms with Gasteiger partial charge >= 0.3 is 0 Å². The Labute approximate surface area is 131 Å². The largest absolute Gasteiger partial charge is 0.291 e. The Morgan fingerprint density at radius 2 is 1.95 bits per heavy atom. The summed E-state index contributed by atoms with van der Waals surface area (Å²) in [4.78, 5) is 42.4. The van der Waals surface area contributed by atoms with Crippen LogP contribution < -0.4 is 4.90 Å². The van der Waals surface area contributed by atoms with Crippen LogP contribution in [0, 0.1) is 0 Å². The molecule has 0 aliphatic carbocycles. The number of benzene rings is 1. The summed E-state index contributed by atoms with van der Waals surface area (Å²) in [7, 11) is 1.66. The van der Waals surface area contributed by atoms with E-state index in [-0.39, 0.29) is 43.5 Å². The molecule has 0 bridgehead atoms. The van der Waals surface area contributed by atoms with Gasteiger partial charge in [0.25, 0.3) is 0 Å². The van der Waals surface area contributed by atoms with Gasteiger partial charge < -0.3 is 0 Å². The highest BCUT2D eigenvalue weighted by atomic mass is 32.1. The highest BCUT2D eigenvalue weighted by molar-refractivity contribution is 7.22. The fraction of sp³-hybridized carbons (Fsp3) is 0.333. The number of carbonyl (C=O) groups excluding carboxylic acids is 3. The molecule has 1 saturated heterocycles. The molecule has 2 heterocycles. The second-order valence-corrected chi connectivity index (χ2v) is 6.12. The number of amides is 3. The van der Waals surface area contributed by atoms with E-state index in [2.05, 4.69) is 4.98 Å². The van der Waals surface area contributed by atoms with Gasteiger partial charge in [-0.2, -0.15) is 0 Å². The molecule has 1 aromatic carbocycles. The molecular formula is C15H15N3O3S. The Kier molecular flexibility index (Phi) is 3.89. The molecule has 0 unspecified atom stereocenters. The normalized spacial score (nSPS) is 14.9. The van der Waals surface area contributed by atoms with Gasteiger partial charge in [-0.1, -0.05) is 23.5 Å². The molecule has 1 fully saturated rings. The van der Waals surface area contributed by atoms with Gasteiger partial charge in [0.15, 0.2) is 5.13 Å². The van der Waals surface area contributed by atoms with E-state index in [9.17, 15) is 14.4 Å². The lowest BCUT2D eigenvalue weighted by molar-refractivity contribution is -0.138. The highest BCUT2D eigenvalue weighted by Gasteiger charge is 2.29. The van der Waals surface area contributed by atoms with E-state index in [1.807, 2.05) is 24.3 Å². The summed E-state index contributed by atoms with van der Waals surface area (Å²) in [5.74, 6) is -0.549. The molecule has 22 heavy (non-hydrogen) atoms. The van der Waals surface area contributed by atoms with Crippen molar-refractivity contribution in [1.29, 1.82) is 0 Å². The molecule has 0 atom stereocenters. The van der Waals surface area contributed by atoms with Crippen LogP contribution in [0.1, 0.15) is 19.3 Å². The molecule has 3 amide bonds. The Balaban J connectivity index is 1.66. The number of hydrogen-bond donors (Lipinski definition) is 0. The number of carbonyl (C=O) groups is 3. The van der Waals surface area contributed by atoms with Gasteiger partial charge in [0.2, 0.25) is 17.7 Å². The molecule has 3 rings (SSSR count). The van der Waals surface area contributed by atoms with E-state index in [0.29, 0.717) is 5.13 Å². The van der Waals surface area contributed by atoms with E-state index in [0.717, 1.165) is 10.2 Å². The van der Waals surface area contributed by atoms with Crippen LogP contribution >= 0.6 is 11.3 Å². The monoisotopic (exact) mass is 317 g/mol. The van der Waals surface area contributed by atoms with Gasteiger partial charge in [0, 0.05) is 32.9 Å². The van der Waals surface area contributed by atoms with Crippen molar-refractivity contribution in [2.45, 2.75) is 19.3 Å². The first-order valence-electron chi connectivity index (χ1n) is 7.01. The molecule has 6 nitrogen and oxygen atoms in total. The minimum Gasteiger partial charge on any atom is -0.291 e. The van der Waals surface area contributed by atoms with Crippen LogP contribution in [0.4, 0.5) is 5.13 Å². The smallest absolute Gasteiger partial charge is 0.230 e. The lowest BCUT2D eigenvalue weighted by Gasteiger charge is -2.17. The Bertz CT molecular complexity index is 706. The number of aromatic nitrogens is 1. The van der Waals surface area contributed by atoms with E-state index in [1.54, 1.807) is 7.05 Å². The minimum atomic E-state index is -0.194. The van der Waals surface area contributed by atoms with Crippen LogP contribution in [0.3, 0.4) is 0 Å². The zero-order valence-corrected chi connectivity index (χ0v) is 12.9. The standard InChI is InChI=1S/C15H15N3O3S/c1-17(15-16-10-4-2-3-5-11(10)22-15)12(19)8-9-18-13(20)6-7-14(18)21/h2-5H,6-9H2,1H3. The highest BCUT2D eigenvalue weighted by Crippen LogP contribution is 2.28. The van der Waals surface area contributed by atoms with E-state index in [4.69, 9.17) is 0 Å². The van der Waals surface area contributed by atoms with Crippen molar-refractivity contribution in [2.75, 3.05) is 18.5 Å². The number of rotatable bonds is 4. The number of para-hydroxylation sites is 1. The second kappa shape index (κ2) is 5.84. The molecule has 2 aromatic rings. The number of hydrogen-bond acceptors (Lipinski definition) is 5. The van der Waals surface area contributed by atoms with Crippen molar-refractivity contribution >= 4 is 44.4 Å². The zero-order chi connectivity index (χ0) is 15.7. The van der Waals surface area contributed by atoms with Crippen molar-refractivity contribution < 1.29 is 14.4 Å². The summed E-state index contributed by atoms with van der Waals surface area (Å²) in [6.45, 7) is 0.145. The lowest BCUT2D eigenvalue weighted by Crippen LogP contribution is -2.34. The topological polar surface area (TPSA) is 70.6 Å². The second-order valence-electron chi connectivity index (χ2n) is 5.11. The van der Waals surface area contributed by atoms with E-state index < -0.39 is 0 Å². The van der Waals surface area contributed by atoms with Crippen LogP contribution in [0.25, 0.3) is 10.2 Å². The van der Waals surface area contributed by atoms with Gasteiger partial charge in [-0.05, 0) is 12.1 Å². The maximum absolute atomic E-state index is 12.2. The summed E-state index contributed by atoms with van der Waals surface area (Å²) in [5.41, 5.74) is 0.854. The predicted molar refractivity (Wildman–Crippen MR) is 83.6 cm³/mol. The summed E-state index contributed by atoms with van der Waals surface area (Å²) in [5, 5.41) is 0.616. The summed E-state index contributed by atoms with van der Waals surface area (Å²) >= 11 is 1.44. The first kappa shape index (κ1) is 14.6. The first-order chi connectivity index (χ1) is 10.6. The van der Waals surface area contributed by atoms with Crippen LogP contribution in [0.15, 0.2) is 24.3 Å². The molecule has 0 N–H and O–H groups in total. The van der Waals surface area contributed by atoms with E-state index in [1.165, 1.54) is 21.1 Å². The van der Waals surface area contributed by atoms with Gasteiger partial charge in [-0.3, -0.25) is 24.2 Å². The molecule has 1 aliphatic rings. The summed E-state index contributed by atoms with van der Waals surface area (Å²) in [6, 6.07) is 7.68. The van der Waals surface area contributed by atoms with Crippen molar-refractivity contribution in [2.24, 2.45) is 0 Å². The van der Waals surface area contributed by atoms with Gasteiger partial charge in [-0.15, -0.1) is 0 Å². The number of nitrogens with zero attached hydrogens (tertiary/aromatic N) is 3. The fourth-order valence-corrected chi connectivity index (χ4v) is 3.30. The minimum absolute atomic E-state index is 0.115. The Morgan fingerprint density at radius 1 is 1.27 bits per heavy atom.